The smallest absolute Gasteiger partial charge is 0.291 e. The van der Waals surface area contributed by atoms with Crippen molar-refractivity contribution < 1.29 is 23.5 Å². The number of hydrogen-bond acceptors (Lipinski definition) is 5. The molecule has 1 aliphatic carbocycles. The van der Waals surface area contributed by atoms with Gasteiger partial charge in [0, 0.05) is 11.3 Å². The van der Waals surface area contributed by atoms with E-state index in [0.29, 0.717) is 36.1 Å². The van der Waals surface area contributed by atoms with Gasteiger partial charge < -0.3 is 24.5 Å². The second-order valence-electron chi connectivity index (χ2n) is 8.15. The summed E-state index contributed by atoms with van der Waals surface area (Å²) in [7, 11) is 0. The molecule has 1 aliphatic heterocycles. The van der Waals surface area contributed by atoms with Crippen LogP contribution in [-0.4, -0.2) is 25.0 Å². The van der Waals surface area contributed by atoms with E-state index in [9.17, 15) is 9.59 Å². The number of benzene rings is 2. The SMILES string of the molecule is Cc1ccc(C(=O)NC(c2ccc3c(c2)OCCO3)C2CC2)cc1NC(=O)c1ccco1. The Labute approximate surface area is 185 Å². The van der Waals surface area contributed by atoms with Crippen molar-refractivity contribution >= 4 is 17.5 Å². The molecule has 1 saturated carbocycles. The summed E-state index contributed by atoms with van der Waals surface area (Å²) in [6.07, 6.45) is 3.58. The van der Waals surface area contributed by atoms with E-state index in [1.165, 1.54) is 6.26 Å². The van der Waals surface area contributed by atoms with Gasteiger partial charge in [0.1, 0.15) is 13.2 Å². The first-order valence-electron chi connectivity index (χ1n) is 10.7. The number of ether oxygens (including phenoxy) is 2. The fraction of sp³-hybridized carbons (Fsp3) is 0.280. The molecule has 1 atom stereocenters. The van der Waals surface area contributed by atoms with Crippen molar-refractivity contribution in [3.63, 3.8) is 0 Å². The minimum absolute atomic E-state index is 0.110. The Morgan fingerprint density at radius 1 is 0.969 bits per heavy atom. The number of aryl methyl sites for hydroxylation is 1. The van der Waals surface area contributed by atoms with Gasteiger partial charge in [-0.1, -0.05) is 12.1 Å². The molecule has 1 fully saturated rings. The number of amides is 2. The third-order valence-corrected chi connectivity index (χ3v) is 5.80. The van der Waals surface area contributed by atoms with Gasteiger partial charge in [0.15, 0.2) is 17.3 Å². The zero-order valence-corrected chi connectivity index (χ0v) is 17.7. The molecule has 2 aliphatic rings. The molecule has 0 saturated heterocycles. The minimum atomic E-state index is -0.359. The third-order valence-electron chi connectivity index (χ3n) is 5.80. The van der Waals surface area contributed by atoms with Crippen LogP contribution in [-0.2, 0) is 0 Å². The Morgan fingerprint density at radius 2 is 1.78 bits per heavy atom. The van der Waals surface area contributed by atoms with Gasteiger partial charge in [-0.15, -0.1) is 0 Å². The van der Waals surface area contributed by atoms with E-state index in [1.54, 1.807) is 24.3 Å². The normalized spacial score (nSPS) is 15.7. The summed E-state index contributed by atoms with van der Waals surface area (Å²) in [6.45, 7) is 2.94. The lowest BCUT2D eigenvalue weighted by Gasteiger charge is -2.23. The minimum Gasteiger partial charge on any atom is -0.486 e. The number of fused-ring (bicyclic) bond motifs is 1. The predicted octanol–water partition coefficient (Wildman–Crippen LogP) is 4.49. The molecule has 2 aromatic carbocycles. The van der Waals surface area contributed by atoms with Crippen LogP contribution in [0.4, 0.5) is 5.69 Å². The topological polar surface area (TPSA) is 89.8 Å². The summed E-state index contributed by atoms with van der Waals surface area (Å²) >= 11 is 0. The van der Waals surface area contributed by atoms with Gasteiger partial charge in [-0.05, 0) is 73.2 Å². The molecule has 0 radical (unpaired) electrons. The van der Waals surface area contributed by atoms with Crippen LogP contribution >= 0.6 is 0 Å². The molecule has 0 bridgehead atoms. The fourth-order valence-corrected chi connectivity index (χ4v) is 3.87. The first-order chi connectivity index (χ1) is 15.6. The molecule has 32 heavy (non-hydrogen) atoms. The number of anilines is 1. The van der Waals surface area contributed by atoms with E-state index < -0.39 is 0 Å². The zero-order valence-electron chi connectivity index (χ0n) is 17.7. The van der Waals surface area contributed by atoms with Crippen LogP contribution in [0.2, 0.25) is 0 Å². The second kappa shape index (κ2) is 8.42. The highest BCUT2D eigenvalue weighted by molar-refractivity contribution is 6.04. The highest BCUT2D eigenvalue weighted by Crippen LogP contribution is 2.43. The van der Waals surface area contributed by atoms with Gasteiger partial charge >= 0.3 is 0 Å². The van der Waals surface area contributed by atoms with Gasteiger partial charge in [-0.3, -0.25) is 9.59 Å². The van der Waals surface area contributed by atoms with Gasteiger partial charge in [-0.2, -0.15) is 0 Å². The molecular formula is C25H24N2O5. The lowest BCUT2D eigenvalue weighted by molar-refractivity contribution is 0.0930. The Kier molecular flexibility index (Phi) is 5.31. The third kappa shape index (κ3) is 4.19. The molecule has 2 amide bonds. The summed E-state index contributed by atoms with van der Waals surface area (Å²) in [5.74, 6) is 1.51. The lowest BCUT2D eigenvalue weighted by Crippen LogP contribution is -2.30. The molecule has 164 valence electrons. The van der Waals surface area contributed by atoms with E-state index in [0.717, 1.165) is 29.7 Å². The number of nitrogens with one attached hydrogen (secondary N) is 2. The number of carbonyl (C=O) groups excluding carboxylic acids is 2. The van der Waals surface area contributed by atoms with Crippen LogP contribution in [0.1, 0.15) is 50.9 Å². The quantitative estimate of drug-likeness (QED) is 0.599. The van der Waals surface area contributed by atoms with Gasteiger partial charge in [0.2, 0.25) is 0 Å². The second-order valence-corrected chi connectivity index (χ2v) is 8.15. The predicted molar refractivity (Wildman–Crippen MR) is 118 cm³/mol. The van der Waals surface area contributed by atoms with E-state index in [4.69, 9.17) is 13.9 Å². The average Bonchev–Trinajstić information content (AvgIpc) is 3.50. The molecule has 1 aromatic heterocycles. The monoisotopic (exact) mass is 432 g/mol. The molecule has 5 rings (SSSR count). The maximum absolute atomic E-state index is 13.1. The summed E-state index contributed by atoms with van der Waals surface area (Å²) < 4.78 is 16.5. The first-order valence-corrected chi connectivity index (χ1v) is 10.7. The molecular weight excluding hydrogens is 408 g/mol. The van der Waals surface area contributed by atoms with Crippen molar-refractivity contribution in [3.05, 3.63) is 77.2 Å². The summed E-state index contributed by atoms with van der Waals surface area (Å²) in [5, 5.41) is 6.00. The van der Waals surface area contributed by atoms with Crippen LogP contribution in [0.3, 0.4) is 0 Å². The van der Waals surface area contributed by atoms with Gasteiger partial charge in [-0.25, -0.2) is 0 Å². The summed E-state index contributed by atoms with van der Waals surface area (Å²) in [6, 6.07) is 14.3. The molecule has 7 nitrogen and oxygen atoms in total. The molecule has 0 spiro atoms. The van der Waals surface area contributed by atoms with Crippen LogP contribution < -0.4 is 20.1 Å². The van der Waals surface area contributed by atoms with Gasteiger partial charge in [0.05, 0.1) is 12.3 Å². The van der Waals surface area contributed by atoms with Crippen LogP contribution in [0.5, 0.6) is 11.5 Å². The highest BCUT2D eigenvalue weighted by Gasteiger charge is 2.34. The van der Waals surface area contributed by atoms with E-state index in [1.807, 2.05) is 31.2 Å². The number of hydrogen-bond donors (Lipinski definition) is 2. The highest BCUT2D eigenvalue weighted by atomic mass is 16.6. The van der Waals surface area contributed by atoms with Crippen molar-refractivity contribution in [1.29, 1.82) is 0 Å². The first kappa shape index (κ1) is 20.2. The van der Waals surface area contributed by atoms with Crippen molar-refractivity contribution in [2.24, 2.45) is 5.92 Å². The Balaban J connectivity index is 1.35. The summed E-state index contributed by atoms with van der Waals surface area (Å²) in [4.78, 5) is 25.5. The van der Waals surface area contributed by atoms with Crippen LogP contribution in [0, 0.1) is 12.8 Å². The Bertz CT molecular complexity index is 1150. The van der Waals surface area contributed by atoms with Crippen molar-refractivity contribution in [2.75, 3.05) is 18.5 Å². The number of rotatable bonds is 6. The average molecular weight is 432 g/mol. The van der Waals surface area contributed by atoms with E-state index in [2.05, 4.69) is 10.6 Å². The van der Waals surface area contributed by atoms with Crippen LogP contribution in [0.25, 0.3) is 0 Å². The zero-order chi connectivity index (χ0) is 22.1. The van der Waals surface area contributed by atoms with Crippen molar-refractivity contribution in [2.45, 2.75) is 25.8 Å². The lowest BCUT2D eigenvalue weighted by atomic mass is 10.0. The van der Waals surface area contributed by atoms with E-state index >= 15 is 0 Å². The molecule has 2 N–H and O–H groups in total. The van der Waals surface area contributed by atoms with Crippen molar-refractivity contribution in [1.82, 2.24) is 5.32 Å². The standard InChI is InChI=1S/C25H24N2O5/c1-15-4-5-18(13-19(15)26-25(29)21-3-2-10-30-21)24(28)27-23(16-6-7-16)17-8-9-20-22(14-17)32-12-11-31-20/h2-5,8-10,13-14,16,23H,6-7,11-12H2,1H3,(H,26,29)(H,27,28). The number of furan rings is 1. The van der Waals surface area contributed by atoms with Crippen LogP contribution in [0.15, 0.2) is 59.2 Å². The molecule has 1 unspecified atom stereocenters. The number of carbonyl (C=O) groups is 2. The maximum Gasteiger partial charge on any atom is 0.291 e. The molecule has 3 aromatic rings. The van der Waals surface area contributed by atoms with Gasteiger partial charge in [0.25, 0.3) is 11.8 Å². The van der Waals surface area contributed by atoms with Crippen molar-refractivity contribution in [3.8, 4) is 11.5 Å². The fourth-order valence-electron chi connectivity index (χ4n) is 3.87. The Hall–Kier alpha value is -3.74. The largest absolute Gasteiger partial charge is 0.486 e. The van der Waals surface area contributed by atoms with E-state index in [-0.39, 0.29) is 23.6 Å². The Morgan fingerprint density at radius 3 is 2.53 bits per heavy atom. The maximum atomic E-state index is 13.1. The molecule has 2 heterocycles. The molecule has 7 heteroatoms. The summed E-state index contributed by atoms with van der Waals surface area (Å²) in [5.41, 5.74) is 2.91.